The van der Waals surface area contributed by atoms with Crippen LogP contribution in [0.2, 0.25) is 0 Å². The first kappa shape index (κ1) is 14.5. The third kappa shape index (κ3) is 2.94. The summed E-state index contributed by atoms with van der Waals surface area (Å²) < 4.78 is 1.76. The fourth-order valence-electron chi connectivity index (χ4n) is 2.18. The van der Waals surface area contributed by atoms with Crippen LogP contribution in [0.4, 0.5) is 0 Å². The minimum Gasteiger partial charge on any atom is -0.352 e. The number of hydrogen-bond donors (Lipinski definition) is 1. The van der Waals surface area contributed by atoms with Crippen LogP contribution in [0.3, 0.4) is 0 Å². The Hall–Kier alpha value is -2.40. The Morgan fingerprint density at radius 1 is 1.23 bits per heavy atom. The maximum atomic E-state index is 12.4. The van der Waals surface area contributed by atoms with Gasteiger partial charge < -0.3 is 5.32 Å². The first-order chi connectivity index (χ1) is 10.8. The van der Waals surface area contributed by atoms with Crippen molar-refractivity contribution in [2.75, 3.05) is 6.54 Å². The van der Waals surface area contributed by atoms with E-state index in [-0.39, 0.29) is 5.91 Å². The molecule has 0 bridgehead atoms. The molecule has 22 heavy (non-hydrogen) atoms. The summed E-state index contributed by atoms with van der Waals surface area (Å²) in [5, 5.41) is 9.54. The molecule has 2 heterocycles. The number of nitrogens with one attached hydrogen (secondary N) is 1. The minimum absolute atomic E-state index is 0.0765. The van der Waals surface area contributed by atoms with Crippen LogP contribution in [0.1, 0.15) is 23.7 Å². The molecule has 2 aromatic heterocycles. The van der Waals surface area contributed by atoms with Crippen LogP contribution in [0, 0.1) is 0 Å². The zero-order valence-corrected chi connectivity index (χ0v) is 13.1. The van der Waals surface area contributed by atoms with Gasteiger partial charge in [0.1, 0.15) is 5.69 Å². The number of rotatable bonds is 5. The van der Waals surface area contributed by atoms with Crippen LogP contribution in [-0.4, -0.2) is 22.2 Å². The van der Waals surface area contributed by atoms with Gasteiger partial charge in [-0.3, -0.25) is 4.79 Å². The number of carbonyl (C=O) groups is 1. The van der Waals surface area contributed by atoms with Gasteiger partial charge in [0.15, 0.2) is 0 Å². The van der Waals surface area contributed by atoms with Gasteiger partial charge in [0.05, 0.1) is 16.1 Å². The highest BCUT2D eigenvalue weighted by atomic mass is 32.1. The molecule has 0 radical (unpaired) electrons. The molecular weight excluding hydrogens is 294 g/mol. The average molecular weight is 311 g/mol. The Balaban J connectivity index is 2.03. The highest BCUT2D eigenvalue weighted by molar-refractivity contribution is 7.13. The first-order valence-electron chi connectivity index (χ1n) is 7.26. The van der Waals surface area contributed by atoms with Gasteiger partial charge in [0, 0.05) is 12.7 Å². The van der Waals surface area contributed by atoms with Gasteiger partial charge >= 0.3 is 0 Å². The molecular formula is C17H17N3OS. The normalized spacial score (nSPS) is 10.6. The number of thiophene rings is 1. The highest BCUT2D eigenvalue weighted by Crippen LogP contribution is 2.27. The van der Waals surface area contributed by atoms with Crippen LogP contribution in [0.15, 0.2) is 54.0 Å². The van der Waals surface area contributed by atoms with Crippen molar-refractivity contribution in [3.63, 3.8) is 0 Å². The number of nitrogens with zero attached hydrogens (tertiary/aromatic N) is 2. The molecule has 4 nitrogen and oxygen atoms in total. The number of carbonyl (C=O) groups excluding carboxylic acids is 1. The molecule has 1 N–H and O–H groups in total. The maximum absolute atomic E-state index is 12.4. The van der Waals surface area contributed by atoms with E-state index >= 15 is 0 Å². The Kier molecular flexibility index (Phi) is 4.34. The summed E-state index contributed by atoms with van der Waals surface area (Å²) in [6.45, 7) is 2.70. The van der Waals surface area contributed by atoms with Gasteiger partial charge in [-0.15, -0.1) is 11.3 Å². The number of benzene rings is 1. The molecule has 0 aliphatic heterocycles. The molecule has 5 heteroatoms. The lowest BCUT2D eigenvalue weighted by Gasteiger charge is -2.02. The molecule has 0 saturated heterocycles. The van der Waals surface area contributed by atoms with Gasteiger partial charge in [-0.25, -0.2) is 4.68 Å². The molecule has 0 spiro atoms. The predicted octanol–water partition coefficient (Wildman–Crippen LogP) is 3.74. The average Bonchev–Trinajstić information content (AvgIpc) is 3.22. The summed E-state index contributed by atoms with van der Waals surface area (Å²) in [4.78, 5) is 13.4. The van der Waals surface area contributed by atoms with Crippen molar-refractivity contribution < 1.29 is 4.79 Å². The van der Waals surface area contributed by atoms with E-state index in [0.29, 0.717) is 12.1 Å². The van der Waals surface area contributed by atoms with Crippen LogP contribution in [-0.2, 0) is 0 Å². The monoisotopic (exact) mass is 311 g/mol. The van der Waals surface area contributed by atoms with E-state index in [1.165, 1.54) is 0 Å². The third-order valence-corrected chi connectivity index (χ3v) is 4.15. The Morgan fingerprint density at radius 2 is 2.05 bits per heavy atom. The van der Waals surface area contributed by atoms with Crippen molar-refractivity contribution in [1.29, 1.82) is 0 Å². The molecule has 3 rings (SSSR count). The topological polar surface area (TPSA) is 46.9 Å². The van der Waals surface area contributed by atoms with Gasteiger partial charge in [0.2, 0.25) is 0 Å². The molecule has 3 aromatic rings. The molecule has 0 saturated carbocycles. The molecule has 0 fully saturated rings. The third-order valence-electron chi connectivity index (χ3n) is 3.27. The van der Waals surface area contributed by atoms with Crippen LogP contribution in [0.5, 0.6) is 0 Å². The summed E-state index contributed by atoms with van der Waals surface area (Å²) in [7, 11) is 0. The summed E-state index contributed by atoms with van der Waals surface area (Å²) in [5.74, 6) is -0.0765. The van der Waals surface area contributed by atoms with Crippen molar-refractivity contribution in [1.82, 2.24) is 15.1 Å². The SMILES string of the molecule is CCCNC(=O)c1cn(-c2ccccc2)nc1-c1cccs1. The predicted molar refractivity (Wildman–Crippen MR) is 89.5 cm³/mol. The number of amides is 1. The molecule has 1 aromatic carbocycles. The second-order valence-electron chi connectivity index (χ2n) is 4.90. The lowest BCUT2D eigenvalue weighted by Crippen LogP contribution is -2.24. The van der Waals surface area contributed by atoms with Crippen LogP contribution in [0.25, 0.3) is 16.3 Å². The zero-order valence-electron chi connectivity index (χ0n) is 12.3. The van der Waals surface area contributed by atoms with Crippen molar-refractivity contribution in [2.24, 2.45) is 0 Å². The van der Waals surface area contributed by atoms with Crippen LogP contribution >= 0.6 is 11.3 Å². The first-order valence-corrected chi connectivity index (χ1v) is 8.14. The molecule has 0 atom stereocenters. The second-order valence-corrected chi connectivity index (χ2v) is 5.85. The van der Waals surface area contributed by atoms with E-state index in [4.69, 9.17) is 0 Å². The second kappa shape index (κ2) is 6.58. The van der Waals surface area contributed by atoms with Crippen molar-refractivity contribution in [2.45, 2.75) is 13.3 Å². The Labute approximate surface area is 133 Å². The van der Waals surface area contributed by atoms with E-state index in [2.05, 4.69) is 10.4 Å². The van der Waals surface area contributed by atoms with E-state index in [1.807, 2.05) is 54.8 Å². The van der Waals surface area contributed by atoms with Crippen molar-refractivity contribution >= 4 is 17.2 Å². The lowest BCUT2D eigenvalue weighted by molar-refractivity contribution is 0.0954. The van der Waals surface area contributed by atoms with Crippen molar-refractivity contribution in [3.8, 4) is 16.3 Å². The smallest absolute Gasteiger partial charge is 0.255 e. The number of aromatic nitrogens is 2. The molecule has 112 valence electrons. The number of para-hydroxylation sites is 1. The summed E-state index contributed by atoms with van der Waals surface area (Å²) in [5.41, 5.74) is 2.28. The maximum Gasteiger partial charge on any atom is 0.255 e. The van der Waals surface area contributed by atoms with E-state index in [0.717, 1.165) is 22.7 Å². The van der Waals surface area contributed by atoms with Crippen LogP contribution < -0.4 is 5.32 Å². The molecule has 0 aliphatic carbocycles. The van der Waals surface area contributed by atoms with E-state index in [9.17, 15) is 4.79 Å². The largest absolute Gasteiger partial charge is 0.352 e. The van der Waals surface area contributed by atoms with Crippen molar-refractivity contribution in [3.05, 3.63) is 59.6 Å². The lowest BCUT2D eigenvalue weighted by atomic mass is 10.2. The highest BCUT2D eigenvalue weighted by Gasteiger charge is 2.18. The summed E-state index contributed by atoms with van der Waals surface area (Å²) >= 11 is 1.58. The summed E-state index contributed by atoms with van der Waals surface area (Å²) in [6.07, 6.45) is 2.71. The van der Waals surface area contributed by atoms with E-state index in [1.54, 1.807) is 22.2 Å². The summed E-state index contributed by atoms with van der Waals surface area (Å²) in [6, 6.07) is 13.8. The zero-order chi connectivity index (χ0) is 15.4. The number of hydrogen-bond acceptors (Lipinski definition) is 3. The van der Waals surface area contributed by atoms with Gasteiger partial charge in [-0.05, 0) is 30.0 Å². The Morgan fingerprint density at radius 3 is 2.73 bits per heavy atom. The molecule has 0 unspecified atom stereocenters. The standard InChI is InChI=1S/C17H17N3OS/c1-2-10-18-17(21)14-12-20(13-7-4-3-5-8-13)19-16(14)15-9-6-11-22-15/h3-9,11-12H,2,10H2,1H3,(H,18,21). The van der Waals surface area contributed by atoms with E-state index < -0.39 is 0 Å². The van der Waals surface area contributed by atoms with Gasteiger partial charge in [-0.1, -0.05) is 31.2 Å². The fraction of sp³-hybridized carbons (Fsp3) is 0.176. The quantitative estimate of drug-likeness (QED) is 0.780. The fourth-order valence-corrected chi connectivity index (χ4v) is 2.91. The minimum atomic E-state index is -0.0765. The van der Waals surface area contributed by atoms with Gasteiger partial charge in [0.25, 0.3) is 5.91 Å². The Bertz CT molecular complexity index is 748. The molecule has 1 amide bonds. The molecule has 0 aliphatic rings. The van der Waals surface area contributed by atoms with Gasteiger partial charge in [-0.2, -0.15) is 5.10 Å².